The normalized spacial score (nSPS) is 11.1. The van der Waals surface area contributed by atoms with Gasteiger partial charge in [0.2, 0.25) is 0 Å². The second kappa shape index (κ2) is 4.38. The molecule has 6 nitrogen and oxygen atoms in total. The first-order valence-corrected chi connectivity index (χ1v) is 6.26. The molecule has 3 heterocycles. The highest BCUT2D eigenvalue weighted by atomic mass is 15.3. The predicted molar refractivity (Wildman–Crippen MR) is 74.4 cm³/mol. The number of fused-ring (bicyclic) bond motifs is 1. The van der Waals surface area contributed by atoms with Gasteiger partial charge in [-0.25, -0.2) is 14.6 Å². The third-order valence-corrected chi connectivity index (χ3v) is 3.07. The van der Waals surface area contributed by atoms with Crippen LogP contribution in [0.5, 0.6) is 0 Å². The standard InChI is InChI=1S/C13H16N6/c1-4-19-13(5-9(2)17-19)16-12-6-11-10(7-14-12)15-8-18(11)3/h5-8H,4H2,1-3H3,(H,14,16). The number of nitrogens with one attached hydrogen (secondary N) is 1. The van der Waals surface area contributed by atoms with Crippen LogP contribution < -0.4 is 5.32 Å². The Hall–Kier alpha value is -2.37. The first-order chi connectivity index (χ1) is 9.17. The van der Waals surface area contributed by atoms with Crippen molar-refractivity contribution in [3.05, 3.63) is 30.4 Å². The van der Waals surface area contributed by atoms with E-state index in [1.54, 1.807) is 12.5 Å². The van der Waals surface area contributed by atoms with Crippen molar-refractivity contribution in [3.63, 3.8) is 0 Å². The van der Waals surface area contributed by atoms with Crippen LogP contribution in [0, 0.1) is 6.92 Å². The van der Waals surface area contributed by atoms with Crippen molar-refractivity contribution in [2.24, 2.45) is 7.05 Å². The van der Waals surface area contributed by atoms with Crippen molar-refractivity contribution in [2.45, 2.75) is 20.4 Å². The lowest BCUT2D eigenvalue weighted by Crippen LogP contribution is -2.03. The molecule has 0 radical (unpaired) electrons. The molecule has 0 saturated carbocycles. The van der Waals surface area contributed by atoms with Gasteiger partial charge in [-0.15, -0.1) is 0 Å². The molecule has 0 spiro atoms. The van der Waals surface area contributed by atoms with Crippen LogP contribution in [0.1, 0.15) is 12.6 Å². The Labute approximate surface area is 111 Å². The summed E-state index contributed by atoms with van der Waals surface area (Å²) in [6.07, 6.45) is 3.56. The molecule has 3 aromatic rings. The molecule has 0 aliphatic heterocycles. The third-order valence-electron chi connectivity index (χ3n) is 3.07. The number of imidazole rings is 1. The molecule has 0 aromatic carbocycles. The molecule has 0 atom stereocenters. The Balaban J connectivity index is 1.98. The average molecular weight is 256 g/mol. The zero-order valence-electron chi connectivity index (χ0n) is 11.3. The van der Waals surface area contributed by atoms with Gasteiger partial charge < -0.3 is 9.88 Å². The molecular formula is C13H16N6. The van der Waals surface area contributed by atoms with E-state index in [0.717, 1.165) is 34.9 Å². The third kappa shape index (κ3) is 2.05. The predicted octanol–water partition coefficient (Wildman–Crippen LogP) is 2.24. The highest BCUT2D eigenvalue weighted by Gasteiger charge is 2.07. The molecular weight excluding hydrogens is 240 g/mol. The van der Waals surface area contributed by atoms with Gasteiger partial charge in [0.05, 0.1) is 23.7 Å². The molecule has 1 N–H and O–H groups in total. The van der Waals surface area contributed by atoms with Gasteiger partial charge in [0.15, 0.2) is 0 Å². The minimum Gasteiger partial charge on any atom is -0.334 e. The highest BCUT2D eigenvalue weighted by molar-refractivity contribution is 5.78. The fraction of sp³-hybridized carbons (Fsp3) is 0.308. The minimum atomic E-state index is 0.797. The molecule has 0 aliphatic carbocycles. The van der Waals surface area contributed by atoms with Crippen molar-refractivity contribution in [1.82, 2.24) is 24.3 Å². The van der Waals surface area contributed by atoms with Crippen molar-refractivity contribution in [1.29, 1.82) is 0 Å². The topological polar surface area (TPSA) is 60.6 Å². The van der Waals surface area contributed by atoms with Crippen LogP contribution in [0.25, 0.3) is 11.0 Å². The van der Waals surface area contributed by atoms with Crippen LogP contribution in [-0.2, 0) is 13.6 Å². The Morgan fingerprint density at radius 3 is 2.89 bits per heavy atom. The fourth-order valence-electron chi connectivity index (χ4n) is 2.12. The lowest BCUT2D eigenvalue weighted by atomic mass is 10.4. The van der Waals surface area contributed by atoms with Gasteiger partial charge in [-0.1, -0.05) is 0 Å². The van der Waals surface area contributed by atoms with E-state index in [1.807, 2.05) is 35.4 Å². The van der Waals surface area contributed by atoms with Crippen molar-refractivity contribution in [3.8, 4) is 0 Å². The highest BCUT2D eigenvalue weighted by Crippen LogP contribution is 2.19. The summed E-state index contributed by atoms with van der Waals surface area (Å²) in [6, 6.07) is 4.00. The van der Waals surface area contributed by atoms with Crippen LogP contribution in [0.4, 0.5) is 11.6 Å². The smallest absolute Gasteiger partial charge is 0.133 e. The summed E-state index contributed by atoms with van der Waals surface area (Å²) in [5.41, 5.74) is 2.94. The number of hydrogen-bond acceptors (Lipinski definition) is 4. The van der Waals surface area contributed by atoms with Crippen molar-refractivity contribution >= 4 is 22.7 Å². The number of aromatic nitrogens is 5. The Bertz CT molecular complexity index is 724. The van der Waals surface area contributed by atoms with E-state index in [1.165, 1.54) is 0 Å². The molecule has 0 saturated heterocycles. The summed E-state index contributed by atoms with van der Waals surface area (Å²) in [5, 5.41) is 7.71. The van der Waals surface area contributed by atoms with Crippen LogP contribution in [0.3, 0.4) is 0 Å². The zero-order chi connectivity index (χ0) is 13.4. The van der Waals surface area contributed by atoms with Gasteiger partial charge in [-0.3, -0.25) is 0 Å². The van der Waals surface area contributed by atoms with E-state index in [9.17, 15) is 0 Å². The first kappa shape index (κ1) is 11.7. The number of pyridine rings is 1. The largest absolute Gasteiger partial charge is 0.334 e. The quantitative estimate of drug-likeness (QED) is 0.780. The second-order valence-electron chi connectivity index (χ2n) is 4.53. The van der Waals surface area contributed by atoms with Gasteiger partial charge in [-0.05, 0) is 13.8 Å². The number of rotatable bonds is 3. The van der Waals surface area contributed by atoms with E-state index < -0.39 is 0 Å². The van der Waals surface area contributed by atoms with Crippen LogP contribution >= 0.6 is 0 Å². The monoisotopic (exact) mass is 256 g/mol. The molecule has 98 valence electrons. The first-order valence-electron chi connectivity index (χ1n) is 6.26. The van der Waals surface area contributed by atoms with Crippen molar-refractivity contribution < 1.29 is 0 Å². The zero-order valence-corrected chi connectivity index (χ0v) is 11.3. The second-order valence-corrected chi connectivity index (χ2v) is 4.53. The maximum atomic E-state index is 4.40. The van der Waals surface area contributed by atoms with E-state index >= 15 is 0 Å². The Morgan fingerprint density at radius 1 is 1.26 bits per heavy atom. The van der Waals surface area contributed by atoms with Crippen LogP contribution in [-0.4, -0.2) is 24.3 Å². The van der Waals surface area contributed by atoms with Gasteiger partial charge >= 0.3 is 0 Å². The van der Waals surface area contributed by atoms with Crippen molar-refractivity contribution in [2.75, 3.05) is 5.32 Å². The Kier molecular flexibility index (Phi) is 2.70. The van der Waals surface area contributed by atoms with Gasteiger partial charge in [0.25, 0.3) is 0 Å². The van der Waals surface area contributed by atoms with Crippen LogP contribution in [0.15, 0.2) is 24.7 Å². The van der Waals surface area contributed by atoms with E-state index in [-0.39, 0.29) is 0 Å². The van der Waals surface area contributed by atoms with Crippen LogP contribution in [0.2, 0.25) is 0 Å². The summed E-state index contributed by atoms with van der Waals surface area (Å²) < 4.78 is 3.90. The SMILES string of the molecule is CCn1nc(C)cc1Nc1cc2c(cn1)ncn2C. The molecule has 0 fully saturated rings. The summed E-state index contributed by atoms with van der Waals surface area (Å²) >= 11 is 0. The maximum Gasteiger partial charge on any atom is 0.133 e. The fourth-order valence-corrected chi connectivity index (χ4v) is 2.12. The molecule has 19 heavy (non-hydrogen) atoms. The molecule has 0 bridgehead atoms. The van der Waals surface area contributed by atoms with E-state index in [0.29, 0.717) is 0 Å². The number of anilines is 2. The lowest BCUT2D eigenvalue weighted by Gasteiger charge is -2.07. The Morgan fingerprint density at radius 2 is 2.11 bits per heavy atom. The number of aryl methyl sites for hydroxylation is 3. The molecule has 0 amide bonds. The van der Waals surface area contributed by atoms with E-state index in [4.69, 9.17) is 0 Å². The summed E-state index contributed by atoms with van der Waals surface area (Å²) in [5.74, 6) is 1.75. The van der Waals surface area contributed by atoms with E-state index in [2.05, 4.69) is 27.3 Å². The van der Waals surface area contributed by atoms with Gasteiger partial charge in [0, 0.05) is 25.7 Å². The molecule has 6 heteroatoms. The summed E-state index contributed by atoms with van der Waals surface area (Å²) in [7, 11) is 1.97. The van der Waals surface area contributed by atoms with Gasteiger partial charge in [0.1, 0.15) is 17.2 Å². The maximum absolute atomic E-state index is 4.40. The minimum absolute atomic E-state index is 0.797. The lowest BCUT2D eigenvalue weighted by molar-refractivity contribution is 0.661. The average Bonchev–Trinajstić information content (AvgIpc) is 2.94. The molecule has 0 unspecified atom stereocenters. The molecule has 0 aliphatic rings. The number of nitrogens with zero attached hydrogens (tertiary/aromatic N) is 5. The summed E-state index contributed by atoms with van der Waals surface area (Å²) in [4.78, 5) is 8.63. The molecule has 3 rings (SSSR count). The van der Waals surface area contributed by atoms with Gasteiger partial charge in [-0.2, -0.15) is 5.10 Å². The molecule has 3 aromatic heterocycles. The number of hydrogen-bond donors (Lipinski definition) is 1. The summed E-state index contributed by atoms with van der Waals surface area (Å²) in [6.45, 7) is 4.87.